The van der Waals surface area contributed by atoms with Gasteiger partial charge < -0.3 is 9.31 Å². The van der Waals surface area contributed by atoms with Crippen molar-refractivity contribution in [2.75, 3.05) is 0 Å². The summed E-state index contributed by atoms with van der Waals surface area (Å²) < 4.78 is 12.3. The van der Waals surface area contributed by atoms with E-state index in [0.29, 0.717) is 16.5 Å². The highest BCUT2D eigenvalue weighted by atomic mass is 16.7. The van der Waals surface area contributed by atoms with Crippen LogP contribution in [-0.2, 0) is 9.31 Å². The van der Waals surface area contributed by atoms with E-state index in [1.54, 1.807) is 6.20 Å². The van der Waals surface area contributed by atoms with Crippen LogP contribution in [0.15, 0.2) is 36.5 Å². The topological polar surface area (TPSA) is 31.4 Å². The van der Waals surface area contributed by atoms with Gasteiger partial charge in [0.05, 0.1) is 16.9 Å². The van der Waals surface area contributed by atoms with Crippen LogP contribution in [0.3, 0.4) is 0 Å². The maximum absolute atomic E-state index is 6.23. The lowest BCUT2D eigenvalue weighted by atomic mass is 9.59. The van der Waals surface area contributed by atoms with Crippen molar-refractivity contribution < 1.29 is 9.31 Å². The van der Waals surface area contributed by atoms with Gasteiger partial charge in [0.25, 0.3) is 0 Å². The lowest BCUT2D eigenvalue weighted by molar-refractivity contribution is 0.00578. The predicted octanol–water partition coefficient (Wildman–Crippen LogP) is -1.01. The van der Waals surface area contributed by atoms with Crippen LogP contribution in [0.1, 0.15) is 33.3 Å². The summed E-state index contributed by atoms with van der Waals surface area (Å²) in [5.74, 6) is 0. The van der Waals surface area contributed by atoms with E-state index in [1.807, 2.05) is 65.0 Å². The van der Waals surface area contributed by atoms with Gasteiger partial charge in [-0.15, -0.1) is 16.4 Å². The molecule has 0 amide bonds. The molecule has 1 aliphatic heterocycles. The van der Waals surface area contributed by atoms with Crippen molar-refractivity contribution in [3.8, 4) is 22.4 Å². The smallest absolute Gasteiger partial charge is 0.399 e. The Morgan fingerprint density at radius 2 is 1.24 bits per heavy atom. The quantitative estimate of drug-likeness (QED) is 0.510. The monoisotopic (exact) mass is 421 g/mol. The van der Waals surface area contributed by atoms with Crippen LogP contribution in [0, 0.1) is 6.92 Å². The van der Waals surface area contributed by atoms with Crippen LogP contribution in [0.25, 0.3) is 22.4 Å². The molecule has 0 N–H and O–H groups in total. The van der Waals surface area contributed by atoms with Gasteiger partial charge in [0.15, 0.2) is 0 Å². The van der Waals surface area contributed by atoms with Gasteiger partial charge in [-0.3, -0.25) is 4.98 Å². The fourth-order valence-electron chi connectivity index (χ4n) is 3.91. The van der Waals surface area contributed by atoms with Crippen molar-refractivity contribution in [1.29, 1.82) is 0 Å². The minimum atomic E-state index is -0.409. The first-order valence-corrected chi connectivity index (χ1v) is 10.8. The number of hydrogen-bond donors (Lipinski definition) is 0. The minimum absolute atomic E-state index is 0.193. The lowest BCUT2D eigenvalue weighted by Crippen LogP contribution is -2.55. The SMILES string of the molecule is [B]c1c([B])c([B])c(-c2cnc(-c3ccc(B4OC(C)(C)C(C)(C)O4)cc3)cc2C)c([B])c1[B]. The summed E-state index contributed by atoms with van der Waals surface area (Å²) in [5.41, 5.74) is 5.41. The highest BCUT2D eigenvalue weighted by Crippen LogP contribution is 2.36. The van der Waals surface area contributed by atoms with E-state index in [0.717, 1.165) is 27.8 Å². The Hall–Kier alpha value is -2.10. The average molecular weight is 420 g/mol. The second-order valence-electron chi connectivity index (χ2n) is 9.54. The Morgan fingerprint density at radius 1 is 0.758 bits per heavy atom. The Labute approximate surface area is 203 Å². The Balaban J connectivity index is 1.65. The van der Waals surface area contributed by atoms with Crippen molar-refractivity contribution in [2.45, 2.75) is 45.8 Å². The zero-order chi connectivity index (χ0) is 24.3. The Bertz CT molecular complexity index is 1200. The highest BCUT2D eigenvalue weighted by Gasteiger charge is 2.51. The van der Waals surface area contributed by atoms with Crippen LogP contribution >= 0.6 is 0 Å². The first-order chi connectivity index (χ1) is 15.3. The molecule has 0 aliphatic carbocycles. The van der Waals surface area contributed by atoms with Crippen LogP contribution in [0.2, 0.25) is 0 Å². The number of hydrogen-bond acceptors (Lipinski definition) is 3. The third kappa shape index (κ3) is 4.04. The van der Waals surface area contributed by atoms with E-state index in [4.69, 9.17) is 48.5 Å². The minimum Gasteiger partial charge on any atom is -0.399 e. The van der Waals surface area contributed by atoms with Gasteiger partial charge in [-0.2, -0.15) is 0 Å². The molecule has 0 saturated carbocycles. The van der Waals surface area contributed by atoms with Gasteiger partial charge in [0.1, 0.15) is 39.2 Å². The summed E-state index contributed by atoms with van der Waals surface area (Å²) >= 11 is 0. The van der Waals surface area contributed by atoms with Gasteiger partial charge in [0, 0.05) is 17.3 Å². The van der Waals surface area contributed by atoms with Crippen LogP contribution < -0.4 is 32.8 Å². The molecular formula is C24H21B6NO2. The molecule has 0 atom stereocenters. The molecule has 10 radical (unpaired) electrons. The molecule has 0 unspecified atom stereocenters. The molecule has 1 saturated heterocycles. The lowest BCUT2D eigenvalue weighted by Gasteiger charge is -2.32. The first-order valence-electron chi connectivity index (χ1n) is 10.8. The van der Waals surface area contributed by atoms with Gasteiger partial charge in [-0.1, -0.05) is 35.2 Å². The third-order valence-corrected chi connectivity index (χ3v) is 6.81. The van der Waals surface area contributed by atoms with Gasteiger partial charge in [-0.05, 0) is 57.3 Å². The molecule has 2 heterocycles. The number of aryl methyl sites for hydroxylation is 1. The summed E-state index contributed by atoms with van der Waals surface area (Å²) in [5, 5.41) is 0. The van der Waals surface area contributed by atoms with E-state index in [-0.39, 0.29) is 27.6 Å². The molecular weight excluding hydrogens is 399 g/mol. The van der Waals surface area contributed by atoms with E-state index in [1.165, 1.54) is 0 Å². The molecule has 152 valence electrons. The molecule has 1 aromatic heterocycles. The summed E-state index contributed by atoms with van der Waals surface area (Å²) in [6.45, 7) is 10.1. The standard InChI is InChI=1S/C24H21B6NO2/c1-12-10-16(31-11-15(12)17-18(25)20(27)22(29)21(28)19(17)26)13-6-8-14(9-7-13)30-32-23(2,3)24(4,5)33-30/h6-11H,1-5H3. The van der Waals surface area contributed by atoms with Crippen molar-refractivity contribution in [3.05, 3.63) is 42.1 Å². The highest BCUT2D eigenvalue weighted by molar-refractivity contribution is 6.68. The van der Waals surface area contributed by atoms with E-state index in [2.05, 4.69) is 4.98 Å². The maximum Gasteiger partial charge on any atom is 0.494 e. The normalized spacial score (nSPS) is 16.8. The number of pyridine rings is 1. The number of benzene rings is 2. The largest absolute Gasteiger partial charge is 0.494 e. The van der Waals surface area contributed by atoms with E-state index >= 15 is 0 Å². The molecule has 1 aliphatic rings. The summed E-state index contributed by atoms with van der Waals surface area (Å²) in [6.07, 6.45) is 1.73. The summed E-state index contributed by atoms with van der Waals surface area (Å²) in [7, 11) is 30.0. The van der Waals surface area contributed by atoms with Crippen LogP contribution in [0.5, 0.6) is 0 Å². The Morgan fingerprint density at radius 3 is 1.73 bits per heavy atom. The average Bonchev–Trinajstić information content (AvgIpc) is 2.99. The molecule has 33 heavy (non-hydrogen) atoms. The zero-order valence-electron chi connectivity index (χ0n) is 19.7. The maximum atomic E-state index is 6.23. The predicted molar refractivity (Wildman–Crippen MR) is 143 cm³/mol. The fourth-order valence-corrected chi connectivity index (χ4v) is 3.91. The van der Waals surface area contributed by atoms with Gasteiger partial charge in [0.2, 0.25) is 0 Å². The third-order valence-electron chi connectivity index (χ3n) is 6.81. The molecule has 1 fully saturated rings. The van der Waals surface area contributed by atoms with Crippen LogP contribution in [-0.4, -0.2) is 62.5 Å². The van der Waals surface area contributed by atoms with Crippen molar-refractivity contribution >= 4 is 79.1 Å². The first kappa shape index (κ1) is 24.0. The van der Waals surface area contributed by atoms with Gasteiger partial charge >= 0.3 is 7.12 Å². The van der Waals surface area contributed by atoms with Crippen molar-refractivity contribution in [1.82, 2.24) is 4.98 Å². The molecule has 0 bridgehead atoms. The molecule has 2 aromatic carbocycles. The summed E-state index contributed by atoms with van der Waals surface area (Å²) in [6, 6.07) is 9.98. The van der Waals surface area contributed by atoms with Crippen molar-refractivity contribution in [3.63, 3.8) is 0 Å². The molecule has 9 heteroatoms. The zero-order valence-corrected chi connectivity index (χ0v) is 19.7. The van der Waals surface area contributed by atoms with E-state index in [9.17, 15) is 0 Å². The van der Waals surface area contributed by atoms with Gasteiger partial charge in [-0.25, -0.2) is 0 Å². The molecule has 4 rings (SSSR count). The molecule has 3 nitrogen and oxygen atoms in total. The van der Waals surface area contributed by atoms with Crippen molar-refractivity contribution in [2.24, 2.45) is 0 Å². The molecule has 0 spiro atoms. The van der Waals surface area contributed by atoms with Crippen LogP contribution in [0.4, 0.5) is 0 Å². The molecule has 3 aromatic rings. The number of nitrogens with zero attached hydrogens (tertiary/aromatic N) is 1. The summed E-state index contributed by atoms with van der Waals surface area (Å²) in [4.78, 5) is 4.64. The number of aromatic nitrogens is 1. The fraction of sp³-hybridized carbons (Fsp3) is 0.292. The Kier molecular flexibility index (Phi) is 6.04. The number of rotatable bonds is 3. The second-order valence-corrected chi connectivity index (χ2v) is 9.54. The second kappa shape index (κ2) is 8.29. The van der Waals surface area contributed by atoms with E-state index < -0.39 is 7.12 Å².